The van der Waals surface area contributed by atoms with E-state index < -0.39 is 6.10 Å². The third-order valence-corrected chi connectivity index (χ3v) is 2.43. The summed E-state index contributed by atoms with van der Waals surface area (Å²) in [6.45, 7) is 0.338. The van der Waals surface area contributed by atoms with E-state index in [1.807, 2.05) is 12.1 Å². The Bertz CT molecular complexity index is 373. The van der Waals surface area contributed by atoms with Crippen molar-refractivity contribution in [3.05, 3.63) is 28.7 Å². The average Bonchev–Trinajstić information content (AvgIpc) is 2.27. The van der Waals surface area contributed by atoms with Crippen LogP contribution >= 0.6 is 15.9 Å². The lowest BCUT2D eigenvalue weighted by Crippen LogP contribution is -2.36. The van der Waals surface area contributed by atoms with Crippen molar-refractivity contribution in [1.82, 2.24) is 5.32 Å². The molecule has 0 spiro atoms. The number of anilines is 1. The lowest BCUT2D eigenvalue weighted by Gasteiger charge is -2.11. The maximum atomic E-state index is 11.4. The zero-order valence-corrected chi connectivity index (χ0v) is 11.0. The summed E-state index contributed by atoms with van der Waals surface area (Å²) in [4.78, 5) is 11.4. The fourth-order valence-corrected chi connectivity index (χ4v) is 1.60. The van der Waals surface area contributed by atoms with Gasteiger partial charge in [-0.3, -0.25) is 0 Å². The van der Waals surface area contributed by atoms with E-state index in [1.54, 1.807) is 12.1 Å². The molecule has 0 aliphatic heterocycles. The minimum atomic E-state index is -0.701. The molecule has 0 fully saturated rings. The van der Waals surface area contributed by atoms with Crippen molar-refractivity contribution in [3.8, 4) is 0 Å². The molecule has 0 saturated carbocycles. The van der Waals surface area contributed by atoms with Gasteiger partial charge in [0, 0.05) is 23.8 Å². The number of amides is 2. The number of rotatable bonds is 5. The van der Waals surface area contributed by atoms with Crippen molar-refractivity contribution in [2.75, 3.05) is 25.6 Å². The minimum Gasteiger partial charge on any atom is -0.389 e. The predicted octanol–water partition coefficient (Wildman–Crippen LogP) is 1.58. The highest BCUT2D eigenvalue weighted by atomic mass is 79.9. The molecule has 94 valence electrons. The van der Waals surface area contributed by atoms with Gasteiger partial charge in [-0.2, -0.15) is 0 Å². The molecule has 17 heavy (non-hydrogen) atoms. The topological polar surface area (TPSA) is 70.6 Å². The first kappa shape index (κ1) is 14.0. The Morgan fingerprint density at radius 3 is 3.00 bits per heavy atom. The number of aliphatic hydroxyl groups excluding tert-OH is 1. The highest BCUT2D eigenvalue weighted by Crippen LogP contribution is 2.15. The number of nitrogens with one attached hydrogen (secondary N) is 2. The molecule has 0 heterocycles. The Labute approximate surface area is 108 Å². The van der Waals surface area contributed by atoms with Gasteiger partial charge in [0.05, 0.1) is 12.7 Å². The molecule has 0 aromatic heterocycles. The SMILES string of the molecule is COCC(O)CNC(=O)Nc1cccc(Br)c1. The first-order valence-electron chi connectivity index (χ1n) is 5.09. The molecule has 0 saturated heterocycles. The van der Waals surface area contributed by atoms with Gasteiger partial charge < -0.3 is 20.5 Å². The van der Waals surface area contributed by atoms with Gasteiger partial charge in [-0.05, 0) is 18.2 Å². The van der Waals surface area contributed by atoms with Crippen molar-refractivity contribution in [2.24, 2.45) is 0 Å². The van der Waals surface area contributed by atoms with E-state index >= 15 is 0 Å². The van der Waals surface area contributed by atoms with Gasteiger partial charge >= 0.3 is 6.03 Å². The lowest BCUT2D eigenvalue weighted by molar-refractivity contribution is 0.0663. The lowest BCUT2D eigenvalue weighted by atomic mass is 10.3. The van der Waals surface area contributed by atoms with E-state index in [1.165, 1.54) is 7.11 Å². The van der Waals surface area contributed by atoms with Crippen LogP contribution in [0, 0.1) is 0 Å². The van der Waals surface area contributed by atoms with Crippen molar-refractivity contribution in [1.29, 1.82) is 0 Å². The zero-order chi connectivity index (χ0) is 12.7. The van der Waals surface area contributed by atoms with Gasteiger partial charge in [0.1, 0.15) is 0 Å². The van der Waals surface area contributed by atoms with Crippen LogP contribution in [-0.4, -0.2) is 37.5 Å². The third-order valence-electron chi connectivity index (χ3n) is 1.94. The Hall–Kier alpha value is -1.11. The summed E-state index contributed by atoms with van der Waals surface area (Å²) >= 11 is 3.31. The molecule has 3 N–H and O–H groups in total. The summed E-state index contributed by atoms with van der Waals surface area (Å²) in [5.74, 6) is 0. The first-order valence-corrected chi connectivity index (χ1v) is 5.88. The number of ether oxygens (including phenoxy) is 1. The molecular weight excluding hydrogens is 288 g/mol. The second-order valence-corrected chi connectivity index (χ2v) is 4.37. The number of carbonyl (C=O) groups excluding carboxylic acids is 1. The van der Waals surface area contributed by atoms with E-state index in [-0.39, 0.29) is 19.2 Å². The van der Waals surface area contributed by atoms with Gasteiger partial charge in [0.2, 0.25) is 0 Å². The maximum Gasteiger partial charge on any atom is 0.319 e. The number of aliphatic hydroxyl groups is 1. The zero-order valence-electron chi connectivity index (χ0n) is 9.44. The molecule has 0 radical (unpaired) electrons. The number of carbonyl (C=O) groups is 1. The Kier molecular flexibility index (Phi) is 5.96. The number of methoxy groups -OCH3 is 1. The second-order valence-electron chi connectivity index (χ2n) is 3.45. The van der Waals surface area contributed by atoms with Gasteiger partial charge in [-0.25, -0.2) is 4.79 Å². The minimum absolute atomic E-state index is 0.147. The highest BCUT2D eigenvalue weighted by molar-refractivity contribution is 9.10. The van der Waals surface area contributed by atoms with Gasteiger partial charge in [-0.15, -0.1) is 0 Å². The summed E-state index contributed by atoms with van der Waals surface area (Å²) in [6.07, 6.45) is -0.701. The van der Waals surface area contributed by atoms with E-state index in [0.717, 1.165) is 4.47 Å². The maximum absolute atomic E-state index is 11.4. The molecular formula is C11H15BrN2O3. The van der Waals surface area contributed by atoms with Crippen molar-refractivity contribution in [2.45, 2.75) is 6.10 Å². The van der Waals surface area contributed by atoms with Crippen LogP contribution in [0.5, 0.6) is 0 Å². The number of urea groups is 1. The van der Waals surface area contributed by atoms with E-state index in [2.05, 4.69) is 26.6 Å². The van der Waals surface area contributed by atoms with Crippen LogP contribution in [0.2, 0.25) is 0 Å². The van der Waals surface area contributed by atoms with Crippen LogP contribution in [-0.2, 0) is 4.74 Å². The predicted molar refractivity (Wildman–Crippen MR) is 69.0 cm³/mol. The summed E-state index contributed by atoms with van der Waals surface area (Å²) in [5, 5.41) is 14.5. The number of halogens is 1. The molecule has 5 nitrogen and oxygen atoms in total. The summed E-state index contributed by atoms with van der Waals surface area (Å²) < 4.78 is 5.63. The van der Waals surface area contributed by atoms with Crippen LogP contribution in [0.15, 0.2) is 28.7 Å². The number of hydrogen-bond donors (Lipinski definition) is 3. The molecule has 1 atom stereocenters. The van der Waals surface area contributed by atoms with Crippen LogP contribution in [0.3, 0.4) is 0 Å². The van der Waals surface area contributed by atoms with Crippen LogP contribution in [0.1, 0.15) is 0 Å². The number of benzene rings is 1. The Balaban J connectivity index is 2.34. The average molecular weight is 303 g/mol. The summed E-state index contributed by atoms with van der Waals surface area (Å²) in [6, 6.07) is 6.88. The smallest absolute Gasteiger partial charge is 0.319 e. The molecule has 0 bridgehead atoms. The molecule has 0 aliphatic rings. The second kappa shape index (κ2) is 7.26. The molecule has 2 amide bonds. The molecule has 1 aromatic carbocycles. The van der Waals surface area contributed by atoms with Crippen LogP contribution < -0.4 is 10.6 Å². The fourth-order valence-electron chi connectivity index (χ4n) is 1.20. The van der Waals surface area contributed by atoms with Crippen LogP contribution in [0.25, 0.3) is 0 Å². The summed E-state index contributed by atoms with van der Waals surface area (Å²) in [5.41, 5.74) is 0.679. The van der Waals surface area contributed by atoms with Crippen molar-refractivity contribution >= 4 is 27.6 Å². The molecule has 1 unspecified atom stereocenters. The van der Waals surface area contributed by atoms with Crippen LogP contribution in [0.4, 0.5) is 10.5 Å². The molecule has 1 aromatic rings. The van der Waals surface area contributed by atoms with Gasteiger partial charge in [0.15, 0.2) is 0 Å². The van der Waals surface area contributed by atoms with Gasteiger partial charge in [0.25, 0.3) is 0 Å². The van der Waals surface area contributed by atoms with E-state index in [9.17, 15) is 9.90 Å². The third kappa shape index (κ3) is 5.67. The van der Waals surface area contributed by atoms with E-state index in [0.29, 0.717) is 5.69 Å². The van der Waals surface area contributed by atoms with Gasteiger partial charge in [-0.1, -0.05) is 22.0 Å². The molecule has 0 aliphatic carbocycles. The normalized spacial score (nSPS) is 11.9. The van der Waals surface area contributed by atoms with Crippen molar-refractivity contribution in [3.63, 3.8) is 0 Å². The number of hydrogen-bond acceptors (Lipinski definition) is 3. The standard InChI is InChI=1S/C11H15BrN2O3/c1-17-7-10(15)6-13-11(16)14-9-4-2-3-8(12)5-9/h2-5,10,15H,6-7H2,1H3,(H2,13,14,16). The quantitative estimate of drug-likeness (QED) is 0.773. The first-order chi connectivity index (χ1) is 8.11. The monoisotopic (exact) mass is 302 g/mol. The van der Waals surface area contributed by atoms with Crippen molar-refractivity contribution < 1.29 is 14.6 Å². The largest absolute Gasteiger partial charge is 0.389 e. The Morgan fingerprint density at radius 2 is 2.35 bits per heavy atom. The Morgan fingerprint density at radius 1 is 1.59 bits per heavy atom. The summed E-state index contributed by atoms with van der Waals surface area (Å²) in [7, 11) is 1.49. The van der Waals surface area contributed by atoms with E-state index in [4.69, 9.17) is 4.74 Å². The molecule has 6 heteroatoms. The molecule has 1 rings (SSSR count). The fraction of sp³-hybridized carbons (Fsp3) is 0.364. The highest BCUT2D eigenvalue weighted by Gasteiger charge is 2.06.